The van der Waals surface area contributed by atoms with Crippen LogP contribution in [0.2, 0.25) is 0 Å². The maximum atomic E-state index is 10.6. The third kappa shape index (κ3) is 3.45. The summed E-state index contributed by atoms with van der Waals surface area (Å²) in [4.78, 5) is 0. The van der Waals surface area contributed by atoms with E-state index in [1.807, 2.05) is 6.92 Å². The molecule has 0 aromatic carbocycles. The van der Waals surface area contributed by atoms with Gasteiger partial charge in [-0.15, -0.1) is 0 Å². The molecule has 1 rings (SSSR count). The van der Waals surface area contributed by atoms with Crippen LogP contribution in [-0.2, 0) is 0 Å². The summed E-state index contributed by atoms with van der Waals surface area (Å²) in [5.74, 6) is 5.77. The second-order valence-corrected chi connectivity index (χ2v) is 6.65. The fraction of sp³-hybridized carbons (Fsp3) is 0.857. The van der Waals surface area contributed by atoms with E-state index in [-0.39, 0.29) is 5.92 Å². The maximum absolute atomic E-state index is 10.6. The van der Waals surface area contributed by atoms with Crippen LogP contribution >= 0.6 is 0 Å². The molecule has 0 radical (unpaired) electrons. The average Bonchev–Trinajstić information content (AvgIpc) is 2.11. The standard InChI is InChI=1S/C14H26NO2/c1-11-10-15(5,6)12(2)9-14(11,17)8-7-13(3,4)16/h11-12,16-17H,9-10H2,1-6H3/q+1/t11-,12+,14+/m1/s1. The van der Waals surface area contributed by atoms with Gasteiger partial charge in [-0.25, -0.2) is 0 Å². The zero-order valence-electron chi connectivity index (χ0n) is 11.9. The van der Waals surface area contributed by atoms with Crippen LogP contribution in [0.25, 0.3) is 0 Å². The van der Waals surface area contributed by atoms with Crippen LogP contribution in [0, 0.1) is 17.8 Å². The van der Waals surface area contributed by atoms with Crippen LogP contribution in [0.3, 0.4) is 0 Å². The van der Waals surface area contributed by atoms with Crippen molar-refractivity contribution in [2.24, 2.45) is 5.92 Å². The molecule has 17 heavy (non-hydrogen) atoms. The molecule has 3 heteroatoms. The van der Waals surface area contributed by atoms with Crippen molar-refractivity contribution in [1.29, 1.82) is 0 Å². The summed E-state index contributed by atoms with van der Waals surface area (Å²) in [6.07, 6.45) is 0.657. The molecule has 2 N–H and O–H groups in total. The van der Waals surface area contributed by atoms with Crippen molar-refractivity contribution >= 4 is 0 Å². The first-order chi connectivity index (χ1) is 7.46. The van der Waals surface area contributed by atoms with Crippen molar-refractivity contribution in [2.75, 3.05) is 20.6 Å². The quantitative estimate of drug-likeness (QED) is 0.490. The summed E-state index contributed by atoms with van der Waals surface area (Å²) >= 11 is 0. The molecule has 0 saturated carbocycles. The third-order valence-corrected chi connectivity index (χ3v) is 3.94. The SMILES string of the molecule is C[C@@H]1C[N+](C)(C)[C@@H](C)C[C@@]1(O)C#CC(C)(C)O. The minimum Gasteiger partial charge on any atom is -0.378 e. The first-order valence-corrected chi connectivity index (χ1v) is 6.28. The smallest absolute Gasteiger partial charge is 0.139 e. The summed E-state index contributed by atoms with van der Waals surface area (Å²) in [5.41, 5.74) is -2.01. The van der Waals surface area contributed by atoms with Gasteiger partial charge in [0.25, 0.3) is 0 Å². The first-order valence-electron chi connectivity index (χ1n) is 6.28. The number of rotatable bonds is 0. The molecule has 3 nitrogen and oxygen atoms in total. The highest BCUT2D eigenvalue weighted by Gasteiger charge is 2.46. The Kier molecular flexibility index (Phi) is 3.65. The molecule has 0 amide bonds. The van der Waals surface area contributed by atoms with Gasteiger partial charge in [0.15, 0.2) is 0 Å². The first kappa shape index (κ1) is 14.5. The maximum Gasteiger partial charge on any atom is 0.139 e. The molecule has 1 heterocycles. The van der Waals surface area contributed by atoms with Crippen LogP contribution < -0.4 is 0 Å². The second-order valence-electron chi connectivity index (χ2n) is 6.65. The summed E-state index contributed by atoms with van der Waals surface area (Å²) in [6.45, 7) is 8.35. The van der Waals surface area contributed by atoms with Gasteiger partial charge in [-0.2, -0.15) is 0 Å². The van der Waals surface area contributed by atoms with Crippen molar-refractivity contribution in [2.45, 2.75) is 51.4 Å². The molecule has 1 aliphatic rings. The minimum atomic E-state index is -1.04. The normalized spacial score (nSPS) is 37.2. The third-order valence-electron chi connectivity index (χ3n) is 3.94. The molecular weight excluding hydrogens is 214 g/mol. The molecule has 0 aliphatic carbocycles. The fourth-order valence-electron chi connectivity index (χ4n) is 2.37. The zero-order chi connectivity index (χ0) is 13.5. The Labute approximate surface area is 105 Å². The van der Waals surface area contributed by atoms with Crippen molar-refractivity contribution in [3.63, 3.8) is 0 Å². The van der Waals surface area contributed by atoms with Gasteiger partial charge >= 0.3 is 0 Å². The van der Waals surface area contributed by atoms with Crippen molar-refractivity contribution in [3.8, 4) is 11.8 Å². The van der Waals surface area contributed by atoms with Crippen LogP contribution in [0.4, 0.5) is 0 Å². The van der Waals surface area contributed by atoms with E-state index in [0.29, 0.717) is 12.5 Å². The number of hydrogen-bond donors (Lipinski definition) is 2. The van der Waals surface area contributed by atoms with Crippen LogP contribution in [0.1, 0.15) is 34.1 Å². The predicted octanol–water partition coefficient (Wildman–Crippen LogP) is 0.996. The number of nitrogens with zero attached hydrogens (tertiary/aromatic N) is 1. The van der Waals surface area contributed by atoms with E-state index in [1.54, 1.807) is 13.8 Å². The average molecular weight is 240 g/mol. The number of likely N-dealkylation sites (tertiary alicyclic amines) is 1. The molecule has 0 bridgehead atoms. The van der Waals surface area contributed by atoms with Crippen LogP contribution in [-0.4, -0.2) is 52.6 Å². The van der Waals surface area contributed by atoms with Gasteiger partial charge in [-0.05, 0) is 20.8 Å². The lowest BCUT2D eigenvalue weighted by Crippen LogP contribution is -2.61. The van der Waals surface area contributed by atoms with Gasteiger partial charge in [0.05, 0.1) is 26.7 Å². The molecule has 1 fully saturated rings. The Morgan fingerprint density at radius 2 is 1.82 bits per heavy atom. The minimum absolute atomic E-state index is 0.114. The van der Waals surface area contributed by atoms with E-state index < -0.39 is 11.2 Å². The monoisotopic (exact) mass is 240 g/mol. The molecule has 3 atom stereocenters. The summed E-state index contributed by atoms with van der Waals surface area (Å²) in [5, 5.41) is 20.2. The van der Waals surface area contributed by atoms with Crippen molar-refractivity contribution < 1.29 is 14.7 Å². The number of hydrogen-bond acceptors (Lipinski definition) is 2. The molecule has 0 aromatic heterocycles. The van der Waals surface area contributed by atoms with Crippen LogP contribution in [0.5, 0.6) is 0 Å². The van der Waals surface area contributed by atoms with Gasteiger partial charge in [0, 0.05) is 12.3 Å². The predicted molar refractivity (Wildman–Crippen MR) is 69.2 cm³/mol. The van der Waals surface area contributed by atoms with E-state index >= 15 is 0 Å². The lowest BCUT2D eigenvalue weighted by Gasteiger charge is -2.48. The molecule has 1 saturated heterocycles. The second kappa shape index (κ2) is 4.28. The molecule has 0 unspecified atom stereocenters. The lowest BCUT2D eigenvalue weighted by molar-refractivity contribution is -0.923. The fourth-order valence-corrected chi connectivity index (χ4v) is 2.37. The van der Waals surface area contributed by atoms with E-state index in [2.05, 4.69) is 32.9 Å². The zero-order valence-corrected chi connectivity index (χ0v) is 11.9. The number of piperidine rings is 1. The highest BCUT2D eigenvalue weighted by atomic mass is 16.3. The van der Waals surface area contributed by atoms with Gasteiger partial charge in [-0.1, -0.05) is 18.8 Å². The highest BCUT2D eigenvalue weighted by Crippen LogP contribution is 2.33. The Hall–Kier alpha value is -0.560. The van der Waals surface area contributed by atoms with Gasteiger partial charge in [0.2, 0.25) is 0 Å². The number of quaternary nitrogens is 1. The molecule has 1 aliphatic heterocycles. The van der Waals surface area contributed by atoms with Crippen LogP contribution in [0.15, 0.2) is 0 Å². The summed E-state index contributed by atoms with van der Waals surface area (Å²) < 4.78 is 0.910. The Morgan fingerprint density at radius 1 is 1.29 bits per heavy atom. The Balaban J connectivity index is 2.94. The van der Waals surface area contributed by atoms with Crippen molar-refractivity contribution in [3.05, 3.63) is 0 Å². The Bertz CT molecular complexity index is 345. The highest BCUT2D eigenvalue weighted by molar-refractivity contribution is 5.21. The topological polar surface area (TPSA) is 40.5 Å². The lowest BCUT2D eigenvalue weighted by atomic mass is 9.78. The summed E-state index contributed by atoms with van der Waals surface area (Å²) in [6, 6.07) is 0.368. The Morgan fingerprint density at radius 3 is 2.29 bits per heavy atom. The molecule has 0 spiro atoms. The van der Waals surface area contributed by atoms with Gasteiger partial charge in [0.1, 0.15) is 11.2 Å². The van der Waals surface area contributed by atoms with Gasteiger partial charge < -0.3 is 14.7 Å². The summed E-state index contributed by atoms with van der Waals surface area (Å²) in [7, 11) is 4.37. The molecule has 0 aromatic rings. The molecule has 98 valence electrons. The van der Waals surface area contributed by atoms with E-state index in [0.717, 1.165) is 11.0 Å². The van der Waals surface area contributed by atoms with E-state index in [4.69, 9.17) is 0 Å². The van der Waals surface area contributed by atoms with E-state index in [9.17, 15) is 10.2 Å². The van der Waals surface area contributed by atoms with Gasteiger partial charge in [-0.3, -0.25) is 0 Å². The largest absolute Gasteiger partial charge is 0.378 e. The number of aliphatic hydroxyl groups is 2. The molecular formula is C14H26NO2+. The van der Waals surface area contributed by atoms with Crippen molar-refractivity contribution in [1.82, 2.24) is 0 Å². The van der Waals surface area contributed by atoms with E-state index in [1.165, 1.54) is 0 Å².